The van der Waals surface area contributed by atoms with Crippen LogP contribution in [0.2, 0.25) is 5.02 Å². The maximum absolute atomic E-state index is 6.09. The van der Waals surface area contributed by atoms with Crippen LogP contribution in [0.5, 0.6) is 0 Å². The minimum absolute atomic E-state index is 0.366. The molecule has 3 aromatic rings. The van der Waals surface area contributed by atoms with E-state index in [1.54, 1.807) is 12.1 Å². The molecule has 0 radical (unpaired) electrons. The van der Waals surface area contributed by atoms with E-state index in [-0.39, 0.29) is 6.04 Å². The van der Waals surface area contributed by atoms with Crippen molar-refractivity contribution in [3.05, 3.63) is 57.6 Å². The van der Waals surface area contributed by atoms with Crippen molar-refractivity contribution in [1.29, 1.82) is 0 Å². The van der Waals surface area contributed by atoms with Gasteiger partial charge in [0.05, 0.1) is 5.02 Å². The summed E-state index contributed by atoms with van der Waals surface area (Å²) in [5, 5.41) is 1.49. The standard InChI is InChI=1S/C13H10BrClN2O2/c14-11-5-4-9(18-11)12(17-16)10-6-7-2-1-3-8(15)13(7)19-10/h1-6,12,17H,16H2. The molecule has 0 amide bonds. The van der Waals surface area contributed by atoms with E-state index in [1.807, 2.05) is 24.3 Å². The third-order valence-corrected chi connectivity index (χ3v) is 3.57. The average Bonchev–Trinajstić information content (AvgIpc) is 2.98. The van der Waals surface area contributed by atoms with E-state index in [2.05, 4.69) is 21.4 Å². The van der Waals surface area contributed by atoms with Gasteiger partial charge in [0.15, 0.2) is 10.3 Å². The summed E-state index contributed by atoms with van der Waals surface area (Å²) in [5.74, 6) is 6.89. The van der Waals surface area contributed by atoms with Crippen LogP contribution in [0.3, 0.4) is 0 Å². The number of para-hydroxylation sites is 1. The molecular formula is C13H10BrClN2O2. The zero-order chi connectivity index (χ0) is 13.4. The van der Waals surface area contributed by atoms with Crippen molar-refractivity contribution in [2.75, 3.05) is 0 Å². The number of furan rings is 2. The van der Waals surface area contributed by atoms with Crippen molar-refractivity contribution in [3.8, 4) is 0 Å². The molecule has 0 saturated carbocycles. The van der Waals surface area contributed by atoms with Gasteiger partial charge in [0.1, 0.15) is 17.6 Å². The molecule has 1 unspecified atom stereocenters. The molecule has 0 aliphatic carbocycles. The lowest BCUT2D eigenvalue weighted by Gasteiger charge is -2.09. The van der Waals surface area contributed by atoms with E-state index in [9.17, 15) is 0 Å². The zero-order valence-electron chi connectivity index (χ0n) is 9.69. The van der Waals surface area contributed by atoms with Gasteiger partial charge in [-0.3, -0.25) is 5.84 Å². The van der Waals surface area contributed by atoms with Crippen LogP contribution in [0, 0.1) is 0 Å². The molecule has 0 fully saturated rings. The highest BCUT2D eigenvalue weighted by Gasteiger charge is 2.21. The second-order valence-corrected chi connectivity index (χ2v) is 5.24. The molecule has 1 atom stereocenters. The van der Waals surface area contributed by atoms with Crippen LogP contribution in [0.4, 0.5) is 0 Å². The fourth-order valence-electron chi connectivity index (χ4n) is 1.98. The van der Waals surface area contributed by atoms with Gasteiger partial charge in [-0.05, 0) is 40.2 Å². The van der Waals surface area contributed by atoms with Crippen molar-refractivity contribution >= 4 is 38.5 Å². The molecule has 2 aromatic heterocycles. The lowest BCUT2D eigenvalue weighted by atomic mass is 10.1. The maximum atomic E-state index is 6.09. The summed E-state index contributed by atoms with van der Waals surface area (Å²) < 4.78 is 11.9. The van der Waals surface area contributed by atoms with E-state index in [0.29, 0.717) is 26.8 Å². The van der Waals surface area contributed by atoms with Gasteiger partial charge in [-0.25, -0.2) is 5.43 Å². The number of benzene rings is 1. The number of rotatable bonds is 3. The Labute approximate surface area is 122 Å². The summed E-state index contributed by atoms with van der Waals surface area (Å²) in [6.45, 7) is 0. The molecule has 3 rings (SSSR count). The van der Waals surface area contributed by atoms with Crippen molar-refractivity contribution in [3.63, 3.8) is 0 Å². The molecule has 0 aliphatic rings. The molecule has 0 spiro atoms. The first-order valence-corrected chi connectivity index (χ1v) is 6.75. The Kier molecular flexibility index (Phi) is 3.36. The fourth-order valence-corrected chi connectivity index (χ4v) is 2.52. The Morgan fingerprint density at radius 2 is 2.00 bits per heavy atom. The predicted octanol–water partition coefficient (Wildman–Crippen LogP) is 3.99. The summed E-state index contributed by atoms with van der Waals surface area (Å²) in [4.78, 5) is 0. The van der Waals surface area contributed by atoms with Gasteiger partial charge in [0.25, 0.3) is 0 Å². The number of nitrogens with two attached hydrogens (primary N) is 1. The summed E-state index contributed by atoms with van der Waals surface area (Å²) in [6.07, 6.45) is 0. The Balaban J connectivity index is 2.09. The zero-order valence-corrected chi connectivity index (χ0v) is 12.0. The molecule has 6 heteroatoms. The Morgan fingerprint density at radius 1 is 1.16 bits per heavy atom. The second kappa shape index (κ2) is 5.02. The van der Waals surface area contributed by atoms with Crippen LogP contribution in [0.1, 0.15) is 17.6 Å². The van der Waals surface area contributed by atoms with Crippen molar-refractivity contribution in [2.24, 2.45) is 5.84 Å². The minimum atomic E-state index is -0.366. The van der Waals surface area contributed by atoms with E-state index in [1.165, 1.54) is 0 Å². The van der Waals surface area contributed by atoms with Gasteiger partial charge in [-0.2, -0.15) is 0 Å². The van der Waals surface area contributed by atoms with Crippen molar-refractivity contribution in [2.45, 2.75) is 6.04 Å². The number of hydrazine groups is 1. The van der Waals surface area contributed by atoms with Crippen molar-refractivity contribution in [1.82, 2.24) is 5.43 Å². The second-order valence-electron chi connectivity index (χ2n) is 4.05. The third kappa shape index (κ3) is 2.30. The fraction of sp³-hybridized carbons (Fsp3) is 0.0769. The molecular weight excluding hydrogens is 332 g/mol. The first kappa shape index (κ1) is 12.7. The molecule has 0 saturated heterocycles. The van der Waals surface area contributed by atoms with E-state index < -0.39 is 0 Å². The predicted molar refractivity (Wildman–Crippen MR) is 76.8 cm³/mol. The van der Waals surface area contributed by atoms with E-state index in [0.717, 1.165) is 5.39 Å². The Bertz CT molecular complexity index is 722. The Morgan fingerprint density at radius 3 is 2.63 bits per heavy atom. The maximum Gasteiger partial charge on any atom is 0.169 e. The van der Waals surface area contributed by atoms with Gasteiger partial charge < -0.3 is 8.83 Å². The van der Waals surface area contributed by atoms with Crippen LogP contribution in [-0.2, 0) is 0 Å². The quantitative estimate of drug-likeness (QED) is 0.558. The highest BCUT2D eigenvalue weighted by Crippen LogP contribution is 2.32. The number of nitrogens with one attached hydrogen (secondary N) is 1. The highest BCUT2D eigenvalue weighted by molar-refractivity contribution is 9.10. The molecule has 19 heavy (non-hydrogen) atoms. The molecule has 0 bridgehead atoms. The van der Waals surface area contributed by atoms with Crippen LogP contribution < -0.4 is 11.3 Å². The summed E-state index contributed by atoms with van der Waals surface area (Å²) >= 11 is 9.35. The monoisotopic (exact) mass is 340 g/mol. The molecule has 4 nitrogen and oxygen atoms in total. The average molecular weight is 342 g/mol. The smallest absolute Gasteiger partial charge is 0.169 e. The number of fused-ring (bicyclic) bond motifs is 1. The molecule has 0 aliphatic heterocycles. The number of hydrogen-bond donors (Lipinski definition) is 2. The van der Waals surface area contributed by atoms with Crippen molar-refractivity contribution < 1.29 is 8.83 Å². The van der Waals surface area contributed by atoms with Crippen LogP contribution in [0.25, 0.3) is 11.0 Å². The summed E-state index contributed by atoms with van der Waals surface area (Å²) in [7, 11) is 0. The molecule has 98 valence electrons. The van der Waals surface area contributed by atoms with Crippen LogP contribution >= 0.6 is 27.5 Å². The molecule has 2 heterocycles. The first-order valence-electron chi connectivity index (χ1n) is 5.58. The highest BCUT2D eigenvalue weighted by atomic mass is 79.9. The Hall–Kier alpha value is -1.27. The van der Waals surface area contributed by atoms with Crippen LogP contribution in [-0.4, -0.2) is 0 Å². The van der Waals surface area contributed by atoms with Gasteiger partial charge >= 0.3 is 0 Å². The summed E-state index contributed by atoms with van der Waals surface area (Å²) in [5.41, 5.74) is 3.32. The number of halogens is 2. The SMILES string of the molecule is NNC(c1ccc(Br)o1)c1cc2cccc(Cl)c2o1. The van der Waals surface area contributed by atoms with Gasteiger partial charge in [0, 0.05) is 5.39 Å². The lowest BCUT2D eigenvalue weighted by molar-refractivity contribution is 0.395. The van der Waals surface area contributed by atoms with Gasteiger partial charge in [-0.15, -0.1) is 0 Å². The largest absolute Gasteiger partial charge is 0.457 e. The minimum Gasteiger partial charge on any atom is -0.457 e. The van der Waals surface area contributed by atoms with E-state index in [4.69, 9.17) is 26.3 Å². The topological polar surface area (TPSA) is 64.3 Å². The van der Waals surface area contributed by atoms with Gasteiger partial charge in [0.2, 0.25) is 0 Å². The molecule has 3 N–H and O–H groups in total. The third-order valence-electron chi connectivity index (χ3n) is 2.84. The van der Waals surface area contributed by atoms with Gasteiger partial charge in [-0.1, -0.05) is 23.7 Å². The molecule has 1 aromatic carbocycles. The van der Waals surface area contributed by atoms with E-state index >= 15 is 0 Å². The normalized spacial score (nSPS) is 13.0. The lowest BCUT2D eigenvalue weighted by Crippen LogP contribution is -2.28. The van der Waals surface area contributed by atoms with Crippen LogP contribution in [0.15, 0.2) is 49.9 Å². The number of hydrogen-bond acceptors (Lipinski definition) is 4. The summed E-state index contributed by atoms with van der Waals surface area (Å²) in [6, 6.07) is 10.7. The first-order chi connectivity index (χ1) is 9.19.